The summed E-state index contributed by atoms with van der Waals surface area (Å²) in [5.41, 5.74) is 6.08. The van der Waals surface area contributed by atoms with Crippen LogP contribution in [0.5, 0.6) is 5.75 Å². The summed E-state index contributed by atoms with van der Waals surface area (Å²) >= 11 is 1.14. The van der Waals surface area contributed by atoms with Crippen LogP contribution in [0.1, 0.15) is 26.0 Å². The van der Waals surface area contributed by atoms with Crippen molar-refractivity contribution in [2.75, 3.05) is 17.8 Å². The largest absolute Gasteiger partial charge is 0.491 e. The van der Waals surface area contributed by atoms with Crippen LogP contribution in [0.15, 0.2) is 29.6 Å². The Kier molecular flexibility index (Phi) is 7.71. The molecule has 3 N–H and O–H groups in total. The second-order valence-corrected chi connectivity index (χ2v) is 9.43. The number of hydrogen-bond donors (Lipinski definition) is 2. The monoisotopic (exact) mass is 440 g/mol. The zero-order valence-electron chi connectivity index (χ0n) is 16.4. The predicted molar refractivity (Wildman–Crippen MR) is 112 cm³/mol. The molecular formula is C18H24N4O5S2. The minimum Gasteiger partial charge on any atom is -0.491 e. The molecule has 0 atom stereocenters. The highest BCUT2D eigenvalue weighted by molar-refractivity contribution is 7.88. The Balaban J connectivity index is 2.40. The van der Waals surface area contributed by atoms with Crippen molar-refractivity contribution in [3.8, 4) is 5.75 Å². The summed E-state index contributed by atoms with van der Waals surface area (Å²) in [7, 11) is -3.39. The molecule has 1 heterocycles. The molecule has 1 aromatic heterocycles. The van der Waals surface area contributed by atoms with Gasteiger partial charge in [-0.2, -0.15) is 0 Å². The number of amides is 2. The maximum absolute atomic E-state index is 12.8. The first-order valence-corrected chi connectivity index (χ1v) is 11.6. The second-order valence-electron chi connectivity index (χ2n) is 6.76. The molecule has 0 fully saturated rings. The SMILES string of the molecule is CC(C)COc1ccccc1N(C(=O)CC(N)=O)c1nc(CNS(C)(=O)=O)cs1. The summed E-state index contributed by atoms with van der Waals surface area (Å²) in [6.45, 7) is 4.43. The predicted octanol–water partition coefficient (Wildman–Crippen LogP) is 1.77. The van der Waals surface area contributed by atoms with Crippen molar-refractivity contribution in [3.63, 3.8) is 0 Å². The molecule has 158 valence electrons. The van der Waals surface area contributed by atoms with Crippen LogP contribution in [0.4, 0.5) is 10.8 Å². The fraction of sp³-hybridized carbons (Fsp3) is 0.389. The number of aromatic nitrogens is 1. The van der Waals surface area contributed by atoms with Crippen LogP contribution < -0.4 is 20.1 Å². The van der Waals surface area contributed by atoms with Gasteiger partial charge in [0.2, 0.25) is 21.8 Å². The van der Waals surface area contributed by atoms with Crippen LogP contribution in [0.2, 0.25) is 0 Å². The highest BCUT2D eigenvalue weighted by Gasteiger charge is 2.25. The Bertz CT molecular complexity index is 972. The number of para-hydroxylation sites is 2. The number of anilines is 2. The first-order valence-electron chi connectivity index (χ1n) is 8.79. The molecule has 0 saturated heterocycles. The number of primary amides is 1. The highest BCUT2D eigenvalue weighted by atomic mass is 32.2. The van der Waals surface area contributed by atoms with Crippen molar-refractivity contribution >= 4 is 44.0 Å². The number of benzene rings is 1. The van der Waals surface area contributed by atoms with E-state index in [0.29, 0.717) is 23.7 Å². The molecule has 0 aliphatic rings. The molecule has 0 spiro atoms. The van der Waals surface area contributed by atoms with Gasteiger partial charge in [0, 0.05) is 5.38 Å². The van der Waals surface area contributed by atoms with Gasteiger partial charge in [0.25, 0.3) is 0 Å². The molecule has 2 amide bonds. The molecule has 0 saturated carbocycles. The summed E-state index contributed by atoms with van der Waals surface area (Å²) in [5, 5.41) is 1.91. The lowest BCUT2D eigenvalue weighted by molar-refractivity contribution is -0.125. The van der Waals surface area contributed by atoms with Gasteiger partial charge in [-0.25, -0.2) is 18.1 Å². The number of carbonyl (C=O) groups excluding carboxylic acids is 2. The van der Waals surface area contributed by atoms with Crippen molar-refractivity contribution in [2.24, 2.45) is 11.7 Å². The van der Waals surface area contributed by atoms with E-state index in [1.54, 1.807) is 29.6 Å². The standard InChI is InChI=1S/C18H24N4O5S2/c1-12(2)10-27-15-7-5-4-6-14(15)22(17(24)8-16(19)23)18-21-13(11-28-18)9-20-29(3,25)26/h4-7,11-12,20H,8-10H2,1-3H3,(H2,19,23). The lowest BCUT2D eigenvalue weighted by Gasteiger charge is -2.23. The lowest BCUT2D eigenvalue weighted by Crippen LogP contribution is -2.30. The van der Waals surface area contributed by atoms with Crippen molar-refractivity contribution < 1.29 is 22.7 Å². The Morgan fingerprint density at radius 3 is 2.62 bits per heavy atom. The molecule has 1 aromatic carbocycles. The van der Waals surface area contributed by atoms with Crippen LogP contribution in [-0.2, 0) is 26.2 Å². The van der Waals surface area contributed by atoms with E-state index in [0.717, 1.165) is 17.6 Å². The summed E-state index contributed by atoms with van der Waals surface area (Å²) in [6, 6.07) is 6.92. The third-order valence-electron chi connectivity index (χ3n) is 3.50. The zero-order valence-corrected chi connectivity index (χ0v) is 18.0. The molecule has 2 aromatic rings. The van der Waals surface area contributed by atoms with Gasteiger partial charge in [0.1, 0.15) is 12.2 Å². The van der Waals surface area contributed by atoms with E-state index in [9.17, 15) is 18.0 Å². The first-order chi connectivity index (χ1) is 13.6. The van der Waals surface area contributed by atoms with E-state index in [2.05, 4.69) is 9.71 Å². The van der Waals surface area contributed by atoms with E-state index in [-0.39, 0.29) is 17.6 Å². The number of ether oxygens (including phenoxy) is 1. The van der Waals surface area contributed by atoms with Gasteiger partial charge in [-0.15, -0.1) is 11.3 Å². The smallest absolute Gasteiger partial charge is 0.242 e. The number of nitrogens with two attached hydrogens (primary N) is 1. The Morgan fingerprint density at radius 2 is 2.00 bits per heavy atom. The molecule has 0 radical (unpaired) electrons. The molecule has 0 unspecified atom stereocenters. The van der Waals surface area contributed by atoms with Crippen molar-refractivity contribution in [3.05, 3.63) is 35.3 Å². The fourth-order valence-corrected chi connectivity index (χ4v) is 3.54. The summed E-state index contributed by atoms with van der Waals surface area (Å²) < 4.78 is 30.8. The number of carbonyl (C=O) groups is 2. The van der Waals surface area contributed by atoms with Gasteiger partial charge >= 0.3 is 0 Å². The Labute approximate surface area is 173 Å². The Hall–Kier alpha value is -2.50. The molecule has 11 heteroatoms. The lowest BCUT2D eigenvalue weighted by atomic mass is 10.2. The number of rotatable bonds is 10. The quantitative estimate of drug-likeness (QED) is 0.541. The second kappa shape index (κ2) is 9.81. The average molecular weight is 441 g/mol. The average Bonchev–Trinajstić information content (AvgIpc) is 3.06. The van der Waals surface area contributed by atoms with Gasteiger partial charge in [-0.05, 0) is 18.1 Å². The van der Waals surface area contributed by atoms with Gasteiger partial charge < -0.3 is 10.5 Å². The minimum atomic E-state index is -3.39. The Morgan fingerprint density at radius 1 is 1.31 bits per heavy atom. The molecular weight excluding hydrogens is 416 g/mol. The summed E-state index contributed by atoms with van der Waals surface area (Å²) in [4.78, 5) is 29.8. The fourth-order valence-electron chi connectivity index (χ4n) is 2.28. The topological polar surface area (TPSA) is 132 Å². The van der Waals surface area contributed by atoms with Crippen LogP contribution >= 0.6 is 11.3 Å². The maximum Gasteiger partial charge on any atom is 0.242 e. The van der Waals surface area contributed by atoms with Crippen molar-refractivity contribution in [1.82, 2.24) is 9.71 Å². The molecule has 2 rings (SSSR count). The summed E-state index contributed by atoms with van der Waals surface area (Å²) in [6.07, 6.45) is 0.542. The maximum atomic E-state index is 12.8. The van der Waals surface area contributed by atoms with E-state index >= 15 is 0 Å². The molecule has 0 aliphatic heterocycles. The third-order valence-corrected chi connectivity index (χ3v) is 5.04. The van der Waals surface area contributed by atoms with E-state index in [1.807, 2.05) is 13.8 Å². The number of hydrogen-bond acceptors (Lipinski definition) is 7. The van der Waals surface area contributed by atoms with Gasteiger partial charge in [0.05, 0.1) is 30.8 Å². The molecule has 0 bridgehead atoms. The van der Waals surface area contributed by atoms with Crippen LogP contribution in [0.3, 0.4) is 0 Å². The number of thiazole rings is 1. The molecule has 29 heavy (non-hydrogen) atoms. The normalized spacial score (nSPS) is 11.4. The van der Waals surface area contributed by atoms with Gasteiger partial charge in [-0.1, -0.05) is 26.0 Å². The third kappa shape index (κ3) is 7.11. The zero-order chi connectivity index (χ0) is 21.6. The first kappa shape index (κ1) is 22.8. The number of nitrogens with one attached hydrogen (secondary N) is 1. The minimum absolute atomic E-state index is 0.0152. The van der Waals surface area contributed by atoms with Crippen molar-refractivity contribution in [2.45, 2.75) is 26.8 Å². The van der Waals surface area contributed by atoms with E-state index in [4.69, 9.17) is 10.5 Å². The summed E-state index contributed by atoms with van der Waals surface area (Å²) in [5.74, 6) is -0.595. The van der Waals surface area contributed by atoms with E-state index < -0.39 is 28.3 Å². The van der Waals surface area contributed by atoms with E-state index in [1.165, 1.54) is 4.90 Å². The number of sulfonamides is 1. The van der Waals surface area contributed by atoms with Crippen LogP contribution in [0, 0.1) is 5.92 Å². The molecule has 0 aliphatic carbocycles. The van der Waals surface area contributed by atoms with Crippen molar-refractivity contribution in [1.29, 1.82) is 0 Å². The van der Waals surface area contributed by atoms with Gasteiger partial charge in [0.15, 0.2) is 5.13 Å². The highest BCUT2D eigenvalue weighted by Crippen LogP contribution is 2.36. The van der Waals surface area contributed by atoms with Crippen LogP contribution in [-0.4, -0.2) is 38.1 Å². The van der Waals surface area contributed by atoms with Crippen LogP contribution in [0.25, 0.3) is 0 Å². The number of nitrogens with zero attached hydrogens (tertiary/aromatic N) is 2. The molecule has 9 nitrogen and oxygen atoms in total. The van der Waals surface area contributed by atoms with Gasteiger partial charge in [-0.3, -0.25) is 14.5 Å².